The van der Waals surface area contributed by atoms with Crippen molar-refractivity contribution in [2.24, 2.45) is 0 Å². The third-order valence-corrected chi connectivity index (χ3v) is 5.50. The summed E-state index contributed by atoms with van der Waals surface area (Å²) in [5.41, 5.74) is 1.22. The van der Waals surface area contributed by atoms with Crippen molar-refractivity contribution in [1.82, 2.24) is 25.0 Å². The molecule has 0 aliphatic carbocycles. The summed E-state index contributed by atoms with van der Waals surface area (Å²) in [7, 11) is 3.33. The lowest BCUT2D eigenvalue weighted by Crippen LogP contribution is -2.61. The van der Waals surface area contributed by atoms with E-state index < -0.39 is 17.2 Å². The Hall–Kier alpha value is -3.72. The molecule has 0 bridgehead atoms. The Bertz CT molecular complexity index is 1170. The molecule has 0 radical (unpaired) electrons. The number of aromatic amines is 2. The van der Waals surface area contributed by atoms with E-state index in [2.05, 4.69) is 15.2 Å². The summed E-state index contributed by atoms with van der Waals surface area (Å²) in [6.45, 7) is 0.534. The zero-order valence-corrected chi connectivity index (χ0v) is 18.0. The van der Waals surface area contributed by atoms with Gasteiger partial charge in [-0.2, -0.15) is 0 Å². The molecular formula is C23H25N5O4. The number of carbonyl (C=O) groups excluding carboxylic acids is 2. The number of likely N-dealkylation sites (N-methyl/N-ethyl adjacent to an activating group) is 1. The Labute approximate surface area is 185 Å². The van der Waals surface area contributed by atoms with Gasteiger partial charge in [0.15, 0.2) is 5.60 Å². The molecule has 2 aromatic carbocycles. The summed E-state index contributed by atoms with van der Waals surface area (Å²) < 4.78 is 6.07. The van der Waals surface area contributed by atoms with E-state index >= 15 is 0 Å². The monoisotopic (exact) mass is 435 g/mol. The minimum absolute atomic E-state index is 0.0489. The molecule has 2 amide bonds. The number of amides is 2. The van der Waals surface area contributed by atoms with Crippen LogP contribution in [0.3, 0.4) is 0 Å². The van der Waals surface area contributed by atoms with Crippen molar-refractivity contribution in [2.45, 2.75) is 12.0 Å². The van der Waals surface area contributed by atoms with Crippen LogP contribution in [0.4, 0.5) is 0 Å². The van der Waals surface area contributed by atoms with Crippen molar-refractivity contribution in [3.63, 3.8) is 0 Å². The van der Waals surface area contributed by atoms with Gasteiger partial charge in [-0.15, -0.1) is 5.10 Å². The summed E-state index contributed by atoms with van der Waals surface area (Å²) in [4.78, 5) is 42.9. The number of rotatable bonds is 5. The fourth-order valence-corrected chi connectivity index (χ4v) is 4.02. The molecule has 32 heavy (non-hydrogen) atoms. The molecule has 1 aliphatic rings. The molecule has 0 saturated carbocycles. The van der Waals surface area contributed by atoms with Crippen LogP contribution in [0.5, 0.6) is 0 Å². The Morgan fingerprint density at radius 3 is 2.56 bits per heavy atom. The van der Waals surface area contributed by atoms with E-state index in [-0.39, 0.29) is 24.9 Å². The normalized spacial score (nSPS) is 18.4. The Kier molecular flexibility index (Phi) is 5.91. The second kappa shape index (κ2) is 8.80. The van der Waals surface area contributed by atoms with E-state index in [0.717, 1.165) is 16.7 Å². The fraction of sp³-hybridized carbons (Fsp3) is 0.304. The number of ether oxygens (including phenoxy) is 1. The number of carbonyl (C=O) groups is 2. The van der Waals surface area contributed by atoms with E-state index in [0.29, 0.717) is 13.0 Å². The van der Waals surface area contributed by atoms with Crippen molar-refractivity contribution in [3.8, 4) is 11.1 Å². The minimum atomic E-state index is -1.25. The SMILES string of the molecule is CN(C)C(=O)[C@]1(Cc2cccc(-c3ccccc3)c2)CN(C(=O)c2n[nH]c(=O)[nH]2)CCO1. The topological polar surface area (TPSA) is 111 Å². The van der Waals surface area contributed by atoms with Crippen LogP contribution in [0.2, 0.25) is 0 Å². The highest BCUT2D eigenvalue weighted by atomic mass is 16.5. The van der Waals surface area contributed by atoms with Crippen LogP contribution in [0.1, 0.15) is 16.2 Å². The first-order chi connectivity index (χ1) is 15.4. The molecular weight excluding hydrogens is 410 g/mol. The highest BCUT2D eigenvalue weighted by molar-refractivity contribution is 5.92. The van der Waals surface area contributed by atoms with E-state index in [1.165, 1.54) is 9.80 Å². The molecule has 1 atom stereocenters. The van der Waals surface area contributed by atoms with Gasteiger partial charge < -0.3 is 14.5 Å². The van der Waals surface area contributed by atoms with Crippen molar-refractivity contribution >= 4 is 11.8 Å². The van der Waals surface area contributed by atoms with Gasteiger partial charge in [0.1, 0.15) is 0 Å². The van der Waals surface area contributed by atoms with Crippen molar-refractivity contribution < 1.29 is 14.3 Å². The number of hydrogen-bond donors (Lipinski definition) is 2. The lowest BCUT2D eigenvalue weighted by atomic mass is 9.89. The zero-order chi connectivity index (χ0) is 22.7. The first-order valence-electron chi connectivity index (χ1n) is 10.3. The van der Waals surface area contributed by atoms with Gasteiger partial charge in [-0.05, 0) is 16.7 Å². The molecule has 1 fully saturated rings. The van der Waals surface area contributed by atoms with Crippen LogP contribution < -0.4 is 5.69 Å². The van der Waals surface area contributed by atoms with Gasteiger partial charge in [0.2, 0.25) is 5.82 Å². The predicted octanol–water partition coefficient (Wildman–Crippen LogP) is 1.31. The Morgan fingerprint density at radius 2 is 1.88 bits per heavy atom. The Morgan fingerprint density at radius 1 is 1.12 bits per heavy atom. The summed E-state index contributed by atoms with van der Waals surface area (Å²) >= 11 is 0. The standard InChI is InChI=1S/C23H25N5O4/c1-27(2)21(30)23(14-16-7-6-10-18(13-16)17-8-4-3-5-9-17)15-28(11-12-32-23)20(29)19-24-22(31)26-25-19/h3-10,13H,11-12,14-15H2,1-2H3,(H2,24,25,26,31)/t23-/m0/s1. The third-order valence-electron chi connectivity index (χ3n) is 5.50. The molecule has 0 spiro atoms. The summed E-state index contributed by atoms with van der Waals surface area (Å²) in [5, 5.41) is 5.92. The molecule has 0 unspecified atom stereocenters. The van der Waals surface area contributed by atoms with Gasteiger partial charge in [-0.3, -0.25) is 14.6 Å². The number of aromatic nitrogens is 3. The van der Waals surface area contributed by atoms with Gasteiger partial charge in [-0.25, -0.2) is 9.89 Å². The number of H-pyrrole nitrogens is 2. The third kappa shape index (κ3) is 4.33. The maximum atomic E-state index is 13.3. The second-order valence-corrected chi connectivity index (χ2v) is 8.04. The first kappa shape index (κ1) is 21.5. The molecule has 2 heterocycles. The van der Waals surface area contributed by atoms with E-state index in [4.69, 9.17) is 4.74 Å². The first-order valence-corrected chi connectivity index (χ1v) is 10.3. The zero-order valence-electron chi connectivity index (χ0n) is 18.0. The molecule has 1 aliphatic heterocycles. The van der Waals surface area contributed by atoms with Crippen molar-refractivity contribution in [3.05, 3.63) is 76.5 Å². The fourth-order valence-electron chi connectivity index (χ4n) is 4.02. The van der Waals surface area contributed by atoms with Crippen LogP contribution in [0.25, 0.3) is 11.1 Å². The number of nitrogens with zero attached hydrogens (tertiary/aromatic N) is 3. The smallest absolute Gasteiger partial charge is 0.341 e. The predicted molar refractivity (Wildman–Crippen MR) is 118 cm³/mol. The largest absolute Gasteiger partial charge is 0.361 e. The number of benzene rings is 2. The lowest BCUT2D eigenvalue weighted by molar-refractivity contribution is -0.165. The average molecular weight is 435 g/mol. The van der Waals surface area contributed by atoms with Crippen LogP contribution >= 0.6 is 0 Å². The summed E-state index contributed by atoms with van der Waals surface area (Å²) in [5.74, 6) is -0.773. The molecule has 9 nitrogen and oxygen atoms in total. The van der Waals surface area contributed by atoms with E-state index in [9.17, 15) is 14.4 Å². The molecule has 9 heteroatoms. The molecule has 166 valence electrons. The van der Waals surface area contributed by atoms with Gasteiger partial charge >= 0.3 is 5.69 Å². The van der Waals surface area contributed by atoms with Crippen molar-refractivity contribution in [1.29, 1.82) is 0 Å². The highest BCUT2D eigenvalue weighted by Crippen LogP contribution is 2.28. The number of hydrogen-bond acceptors (Lipinski definition) is 5. The van der Waals surface area contributed by atoms with Crippen LogP contribution in [0, 0.1) is 0 Å². The maximum Gasteiger partial charge on any atom is 0.341 e. The molecule has 2 N–H and O–H groups in total. The Balaban J connectivity index is 1.64. The summed E-state index contributed by atoms with van der Waals surface area (Å²) in [6.07, 6.45) is 0.297. The van der Waals surface area contributed by atoms with Crippen molar-refractivity contribution in [2.75, 3.05) is 33.8 Å². The number of morpholine rings is 1. The van der Waals surface area contributed by atoms with E-state index in [1.54, 1.807) is 14.1 Å². The molecule has 1 saturated heterocycles. The maximum absolute atomic E-state index is 13.3. The van der Waals surface area contributed by atoms with Crippen LogP contribution in [-0.4, -0.2) is 76.2 Å². The van der Waals surface area contributed by atoms with Gasteiger partial charge in [0.05, 0.1) is 13.2 Å². The van der Waals surface area contributed by atoms with E-state index in [1.807, 2.05) is 54.6 Å². The van der Waals surface area contributed by atoms with Gasteiger partial charge in [0.25, 0.3) is 11.8 Å². The number of nitrogens with one attached hydrogen (secondary N) is 2. The van der Waals surface area contributed by atoms with Gasteiger partial charge in [-0.1, -0.05) is 54.6 Å². The summed E-state index contributed by atoms with van der Waals surface area (Å²) in [6, 6.07) is 17.9. The van der Waals surface area contributed by atoms with Gasteiger partial charge in [0, 0.05) is 27.1 Å². The molecule has 4 rings (SSSR count). The molecule has 1 aromatic heterocycles. The van der Waals surface area contributed by atoms with Crippen LogP contribution in [0.15, 0.2) is 59.4 Å². The molecule has 3 aromatic rings. The van der Waals surface area contributed by atoms with Crippen LogP contribution in [-0.2, 0) is 16.0 Å². The minimum Gasteiger partial charge on any atom is -0.361 e. The second-order valence-electron chi connectivity index (χ2n) is 8.04. The average Bonchev–Trinajstić information content (AvgIpc) is 3.25. The quantitative estimate of drug-likeness (QED) is 0.628. The lowest BCUT2D eigenvalue weighted by Gasteiger charge is -2.42. The highest BCUT2D eigenvalue weighted by Gasteiger charge is 2.46.